The highest BCUT2D eigenvalue weighted by Gasteiger charge is 2.49. The van der Waals surface area contributed by atoms with Gasteiger partial charge in [-0.3, -0.25) is 4.79 Å². The number of rotatable bonds is 17. The fraction of sp³-hybridized carbons (Fsp3) is 0.409. The molecule has 0 radical (unpaired) electrons. The number of carbonyl (C=O) groups excluding carboxylic acids is 2. The van der Waals surface area contributed by atoms with E-state index in [1.165, 1.54) is 0 Å². The second-order valence-electron chi connectivity index (χ2n) is 15.1. The summed E-state index contributed by atoms with van der Waals surface area (Å²) in [6, 6.07) is 37.6. The molecule has 5 rings (SSSR count). The summed E-state index contributed by atoms with van der Waals surface area (Å²) in [5.41, 5.74) is 3.47. The van der Waals surface area contributed by atoms with Gasteiger partial charge in [0, 0.05) is 12.0 Å². The third kappa shape index (κ3) is 11.4. The van der Waals surface area contributed by atoms with Crippen LogP contribution in [0.3, 0.4) is 0 Å². The smallest absolute Gasteiger partial charge is 0.328 e. The fourth-order valence-corrected chi connectivity index (χ4v) is 7.33. The van der Waals surface area contributed by atoms with Gasteiger partial charge >= 0.3 is 5.97 Å². The average Bonchev–Trinajstić information content (AvgIpc) is 3.17. The lowest BCUT2D eigenvalue weighted by Crippen LogP contribution is -2.61. The van der Waals surface area contributed by atoms with Crippen molar-refractivity contribution in [1.29, 1.82) is 0 Å². The van der Waals surface area contributed by atoms with Crippen molar-refractivity contribution in [1.82, 2.24) is 5.32 Å². The molecule has 9 nitrogen and oxygen atoms in total. The molecule has 0 spiro atoms. The number of hydrogen-bond donors (Lipinski definition) is 1. The van der Waals surface area contributed by atoms with Gasteiger partial charge in [0.15, 0.2) is 20.7 Å². The lowest BCUT2D eigenvalue weighted by molar-refractivity contribution is -0.287. The van der Waals surface area contributed by atoms with Crippen LogP contribution in [0, 0.1) is 0 Å². The summed E-state index contributed by atoms with van der Waals surface area (Å²) in [5, 5.41) is 2.87. The molecule has 1 aliphatic rings. The lowest BCUT2D eigenvalue weighted by atomic mass is 9.99. The molecular weight excluding hydrogens is 699 g/mol. The van der Waals surface area contributed by atoms with Crippen molar-refractivity contribution in [3.8, 4) is 0 Å². The zero-order valence-corrected chi connectivity index (χ0v) is 33.3. The molecule has 1 saturated heterocycles. The van der Waals surface area contributed by atoms with Gasteiger partial charge in [0.1, 0.15) is 18.2 Å². The predicted octanol–water partition coefficient (Wildman–Crippen LogP) is 7.95. The van der Waals surface area contributed by atoms with Gasteiger partial charge in [-0.1, -0.05) is 142 Å². The van der Waals surface area contributed by atoms with E-state index < -0.39 is 56.9 Å². The van der Waals surface area contributed by atoms with Crippen LogP contribution in [0.2, 0.25) is 18.1 Å². The molecule has 0 unspecified atom stereocenters. The Balaban J connectivity index is 1.57. The molecule has 1 fully saturated rings. The van der Waals surface area contributed by atoms with E-state index in [0.29, 0.717) is 0 Å². The maximum Gasteiger partial charge on any atom is 0.328 e. The molecule has 1 aliphatic heterocycles. The number of nitrogens with one attached hydrogen (secondary N) is 1. The Labute approximate surface area is 321 Å². The molecule has 0 aromatic heterocycles. The van der Waals surface area contributed by atoms with Gasteiger partial charge < -0.3 is 33.4 Å². The first-order valence-electron chi connectivity index (χ1n) is 18.8. The first-order chi connectivity index (χ1) is 25.9. The summed E-state index contributed by atoms with van der Waals surface area (Å²) in [4.78, 5) is 28.2. The first kappa shape index (κ1) is 41.0. The highest BCUT2D eigenvalue weighted by atomic mass is 28.4. The lowest BCUT2D eigenvalue weighted by Gasteiger charge is -2.46. The second kappa shape index (κ2) is 19.4. The van der Waals surface area contributed by atoms with Crippen molar-refractivity contribution in [2.24, 2.45) is 0 Å². The van der Waals surface area contributed by atoms with Gasteiger partial charge in [0.05, 0.1) is 32.5 Å². The van der Waals surface area contributed by atoms with Crippen molar-refractivity contribution in [3.63, 3.8) is 0 Å². The van der Waals surface area contributed by atoms with Crippen LogP contribution in [-0.2, 0) is 57.3 Å². The van der Waals surface area contributed by atoms with Crippen molar-refractivity contribution < 1.29 is 37.7 Å². The Morgan fingerprint density at radius 2 is 1.30 bits per heavy atom. The second-order valence-corrected chi connectivity index (χ2v) is 19.8. The number of carbonyl (C=O) groups is 2. The number of hydrogen-bond acceptors (Lipinski definition) is 8. The minimum absolute atomic E-state index is 0.103. The maximum absolute atomic E-state index is 14.8. The van der Waals surface area contributed by atoms with Crippen molar-refractivity contribution in [2.45, 2.75) is 102 Å². The van der Waals surface area contributed by atoms with Gasteiger partial charge in [-0.25, -0.2) is 4.79 Å². The summed E-state index contributed by atoms with van der Waals surface area (Å²) < 4.78 is 39.1. The van der Waals surface area contributed by atoms with Crippen molar-refractivity contribution in [3.05, 3.63) is 144 Å². The van der Waals surface area contributed by atoms with E-state index in [1.54, 1.807) is 6.92 Å². The Hall–Kier alpha value is -4.16. The standard InChI is InChI=1S/C44H55NO8Si/c1-7-48-42(47)36(28-32-20-12-8-13-21-32)45-41(46)40(50-30-34-24-16-10-17-25-34)39(49-29-33-22-14-9-15-23-33)38-37(53-54(5,6)44(2,3)4)31-51-43(52-38)35-26-18-11-19-27-35/h8-27,36-40,43H,7,28-31H2,1-6H3,(H,45,46)/t36-,37+,38+,39-,40+,43+/m0/s1. The van der Waals surface area contributed by atoms with E-state index in [2.05, 4.69) is 39.2 Å². The minimum atomic E-state index is -2.41. The van der Waals surface area contributed by atoms with Crippen LogP contribution in [0.25, 0.3) is 0 Å². The Bertz CT molecular complexity index is 1720. The summed E-state index contributed by atoms with van der Waals surface area (Å²) in [6.45, 7) is 13.3. The van der Waals surface area contributed by atoms with Gasteiger partial charge in [-0.05, 0) is 41.7 Å². The average molecular weight is 754 g/mol. The van der Waals surface area contributed by atoms with E-state index in [1.807, 2.05) is 121 Å². The Kier molecular flexibility index (Phi) is 14.8. The molecule has 4 aromatic rings. The fourth-order valence-electron chi connectivity index (χ4n) is 6.02. The number of esters is 1. The molecule has 288 valence electrons. The van der Waals surface area contributed by atoms with Crippen LogP contribution in [0.4, 0.5) is 0 Å². The molecule has 0 saturated carbocycles. The summed E-state index contributed by atoms with van der Waals surface area (Å²) >= 11 is 0. The van der Waals surface area contributed by atoms with E-state index in [9.17, 15) is 9.59 Å². The van der Waals surface area contributed by atoms with E-state index in [-0.39, 0.29) is 37.9 Å². The summed E-state index contributed by atoms with van der Waals surface area (Å²) in [5.74, 6) is -1.07. The van der Waals surface area contributed by atoms with E-state index in [0.717, 1.165) is 22.3 Å². The van der Waals surface area contributed by atoms with Crippen LogP contribution in [0.15, 0.2) is 121 Å². The molecule has 1 amide bonds. The number of amides is 1. The summed E-state index contributed by atoms with van der Waals surface area (Å²) in [6.07, 6.45) is -4.18. The quantitative estimate of drug-likeness (QED) is 0.0857. The molecule has 1 heterocycles. The van der Waals surface area contributed by atoms with Crippen molar-refractivity contribution in [2.75, 3.05) is 13.2 Å². The predicted molar refractivity (Wildman–Crippen MR) is 211 cm³/mol. The highest BCUT2D eigenvalue weighted by Crippen LogP contribution is 2.40. The molecule has 0 bridgehead atoms. The van der Waals surface area contributed by atoms with Gasteiger partial charge in [0.25, 0.3) is 5.91 Å². The third-order valence-electron chi connectivity index (χ3n) is 9.99. The minimum Gasteiger partial charge on any atom is -0.464 e. The molecule has 1 N–H and O–H groups in total. The zero-order valence-electron chi connectivity index (χ0n) is 32.3. The van der Waals surface area contributed by atoms with Crippen LogP contribution >= 0.6 is 0 Å². The van der Waals surface area contributed by atoms with Gasteiger partial charge in [0.2, 0.25) is 0 Å². The normalized spacial score (nSPS) is 19.3. The largest absolute Gasteiger partial charge is 0.464 e. The molecule has 6 atom stereocenters. The van der Waals surface area contributed by atoms with Crippen LogP contribution in [-0.4, -0.2) is 63.9 Å². The van der Waals surface area contributed by atoms with Gasteiger partial charge in [-0.2, -0.15) is 0 Å². The van der Waals surface area contributed by atoms with Crippen LogP contribution in [0.5, 0.6) is 0 Å². The number of ether oxygens (including phenoxy) is 5. The number of benzene rings is 4. The van der Waals surface area contributed by atoms with E-state index >= 15 is 0 Å². The van der Waals surface area contributed by atoms with Crippen LogP contribution < -0.4 is 5.32 Å². The maximum atomic E-state index is 14.8. The highest BCUT2D eigenvalue weighted by molar-refractivity contribution is 6.74. The molecular formula is C44H55NO8Si. The van der Waals surface area contributed by atoms with Gasteiger partial charge in [-0.15, -0.1) is 0 Å². The monoisotopic (exact) mass is 753 g/mol. The van der Waals surface area contributed by atoms with E-state index in [4.69, 9.17) is 28.1 Å². The Morgan fingerprint density at radius 1 is 0.778 bits per heavy atom. The molecule has 4 aromatic carbocycles. The van der Waals surface area contributed by atoms with Crippen LogP contribution in [0.1, 0.15) is 56.2 Å². The molecule has 0 aliphatic carbocycles. The SMILES string of the molecule is CCOC(=O)[C@H](Cc1ccccc1)NC(=O)[C@H](OCc1ccccc1)[C@@H](OCc1ccccc1)[C@@H]1O[C@H](c2ccccc2)OC[C@H]1O[Si](C)(C)C(C)(C)C. The first-order valence-corrected chi connectivity index (χ1v) is 21.7. The molecule has 10 heteroatoms. The zero-order chi connectivity index (χ0) is 38.6. The summed E-state index contributed by atoms with van der Waals surface area (Å²) in [7, 11) is -2.41. The topological polar surface area (TPSA) is 102 Å². The third-order valence-corrected chi connectivity index (χ3v) is 14.5. The molecule has 54 heavy (non-hydrogen) atoms. The van der Waals surface area contributed by atoms with Crippen molar-refractivity contribution >= 4 is 20.2 Å². The Morgan fingerprint density at radius 3 is 1.83 bits per heavy atom.